The molecule has 0 atom stereocenters. The van der Waals surface area contributed by atoms with E-state index in [0.29, 0.717) is 0 Å². The van der Waals surface area contributed by atoms with Gasteiger partial charge in [-0.15, -0.1) is 0 Å². The fraction of sp³-hybridized carbons (Fsp3) is 0.684. The lowest BCUT2D eigenvalue weighted by molar-refractivity contribution is 0.117. The Bertz CT molecular complexity index is 503. The van der Waals surface area contributed by atoms with Gasteiger partial charge in [0, 0.05) is 62.5 Å². The molecule has 2 aliphatic rings. The summed E-state index contributed by atoms with van der Waals surface area (Å²) in [7, 11) is 0. The van der Waals surface area contributed by atoms with Gasteiger partial charge in [-0.1, -0.05) is 35.8 Å². The Kier molecular flexibility index (Phi) is 6.00. The summed E-state index contributed by atoms with van der Waals surface area (Å²) in [6, 6.07) is 6.83. The fourth-order valence-electron chi connectivity index (χ4n) is 3.81. The summed E-state index contributed by atoms with van der Waals surface area (Å²) in [5.41, 5.74) is 2.94. The standard InChI is InChI=1S/C19H30BrN3/c1-16(2)14-21-9-11-22(12-10-21)15-17-5-6-18(20)13-19(17)23-7-3-4-8-23/h5-6,13,16H,3-4,7-12,14-15H2,1-2H3. The molecule has 2 fully saturated rings. The Morgan fingerprint density at radius 3 is 2.26 bits per heavy atom. The van der Waals surface area contributed by atoms with Gasteiger partial charge in [-0.2, -0.15) is 0 Å². The monoisotopic (exact) mass is 379 g/mol. The van der Waals surface area contributed by atoms with Crippen LogP contribution in [-0.4, -0.2) is 55.6 Å². The molecule has 0 spiro atoms. The smallest absolute Gasteiger partial charge is 0.0423 e. The highest BCUT2D eigenvalue weighted by atomic mass is 79.9. The molecule has 128 valence electrons. The Labute approximate surface area is 149 Å². The van der Waals surface area contributed by atoms with E-state index in [0.717, 1.165) is 12.5 Å². The molecule has 2 heterocycles. The molecule has 2 saturated heterocycles. The molecule has 23 heavy (non-hydrogen) atoms. The van der Waals surface area contributed by atoms with Crippen LogP contribution in [0.5, 0.6) is 0 Å². The van der Waals surface area contributed by atoms with Gasteiger partial charge in [0.05, 0.1) is 0 Å². The molecule has 3 nitrogen and oxygen atoms in total. The van der Waals surface area contributed by atoms with Crippen molar-refractivity contribution in [1.29, 1.82) is 0 Å². The average molecular weight is 380 g/mol. The van der Waals surface area contributed by atoms with Crippen molar-refractivity contribution in [3.8, 4) is 0 Å². The third-order valence-electron chi connectivity index (χ3n) is 4.98. The van der Waals surface area contributed by atoms with E-state index in [4.69, 9.17) is 0 Å². The molecular formula is C19H30BrN3. The highest BCUT2D eigenvalue weighted by Gasteiger charge is 2.21. The molecule has 0 bridgehead atoms. The Balaban J connectivity index is 1.62. The van der Waals surface area contributed by atoms with Crippen molar-refractivity contribution in [2.45, 2.75) is 33.2 Å². The van der Waals surface area contributed by atoms with E-state index < -0.39 is 0 Å². The van der Waals surface area contributed by atoms with E-state index in [1.54, 1.807) is 0 Å². The van der Waals surface area contributed by atoms with Gasteiger partial charge in [-0.3, -0.25) is 4.90 Å². The molecule has 0 unspecified atom stereocenters. The fourth-order valence-corrected chi connectivity index (χ4v) is 4.16. The summed E-state index contributed by atoms with van der Waals surface area (Å²) in [4.78, 5) is 7.80. The first kappa shape index (κ1) is 17.2. The predicted molar refractivity (Wildman–Crippen MR) is 102 cm³/mol. The van der Waals surface area contributed by atoms with Crippen LogP contribution >= 0.6 is 15.9 Å². The molecule has 0 N–H and O–H groups in total. The van der Waals surface area contributed by atoms with Crippen LogP contribution in [0.25, 0.3) is 0 Å². The van der Waals surface area contributed by atoms with Gasteiger partial charge < -0.3 is 9.80 Å². The summed E-state index contributed by atoms with van der Waals surface area (Å²) in [6.07, 6.45) is 2.67. The van der Waals surface area contributed by atoms with Crippen molar-refractivity contribution in [2.75, 3.05) is 50.7 Å². The van der Waals surface area contributed by atoms with Crippen LogP contribution in [0.4, 0.5) is 5.69 Å². The number of piperazine rings is 1. The maximum atomic E-state index is 3.65. The Morgan fingerprint density at radius 2 is 1.61 bits per heavy atom. The first-order valence-corrected chi connectivity index (χ1v) is 9.89. The van der Waals surface area contributed by atoms with E-state index in [2.05, 4.69) is 62.7 Å². The molecule has 0 radical (unpaired) electrons. The summed E-state index contributed by atoms with van der Waals surface area (Å²) in [5, 5.41) is 0. The zero-order chi connectivity index (χ0) is 16.2. The lowest BCUT2D eigenvalue weighted by atomic mass is 10.1. The number of rotatable bonds is 5. The van der Waals surface area contributed by atoms with E-state index in [9.17, 15) is 0 Å². The second-order valence-electron chi connectivity index (χ2n) is 7.44. The van der Waals surface area contributed by atoms with Gasteiger partial charge >= 0.3 is 0 Å². The molecule has 1 aromatic rings. The second kappa shape index (κ2) is 8.00. The van der Waals surface area contributed by atoms with Crippen LogP contribution in [0.15, 0.2) is 22.7 Å². The summed E-state index contributed by atoms with van der Waals surface area (Å²) in [6.45, 7) is 14.2. The van der Waals surface area contributed by atoms with Crippen LogP contribution in [-0.2, 0) is 6.54 Å². The maximum Gasteiger partial charge on any atom is 0.0423 e. The number of hydrogen-bond acceptors (Lipinski definition) is 3. The molecule has 4 heteroatoms. The zero-order valence-electron chi connectivity index (χ0n) is 14.6. The highest BCUT2D eigenvalue weighted by Crippen LogP contribution is 2.29. The van der Waals surface area contributed by atoms with Crippen LogP contribution in [0.3, 0.4) is 0 Å². The molecule has 2 aliphatic heterocycles. The molecular weight excluding hydrogens is 350 g/mol. The van der Waals surface area contributed by atoms with Crippen molar-refractivity contribution in [2.24, 2.45) is 5.92 Å². The van der Waals surface area contributed by atoms with Gasteiger partial charge in [0.1, 0.15) is 0 Å². The number of benzene rings is 1. The van der Waals surface area contributed by atoms with Crippen LogP contribution in [0.1, 0.15) is 32.3 Å². The van der Waals surface area contributed by atoms with Crippen LogP contribution in [0, 0.1) is 5.92 Å². The number of nitrogens with zero attached hydrogens (tertiary/aromatic N) is 3. The molecule has 0 aliphatic carbocycles. The number of halogens is 1. The number of hydrogen-bond donors (Lipinski definition) is 0. The second-order valence-corrected chi connectivity index (χ2v) is 8.35. The van der Waals surface area contributed by atoms with E-state index >= 15 is 0 Å². The molecule has 1 aromatic carbocycles. The zero-order valence-corrected chi connectivity index (χ0v) is 16.2. The predicted octanol–water partition coefficient (Wildman–Crippen LogP) is 3.82. The summed E-state index contributed by atoms with van der Waals surface area (Å²) >= 11 is 3.65. The Morgan fingerprint density at radius 1 is 0.957 bits per heavy atom. The third-order valence-corrected chi connectivity index (χ3v) is 5.47. The quantitative estimate of drug-likeness (QED) is 0.769. The van der Waals surface area contributed by atoms with Gasteiger partial charge in [0.25, 0.3) is 0 Å². The van der Waals surface area contributed by atoms with Crippen LogP contribution in [0.2, 0.25) is 0 Å². The maximum absolute atomic E-state index is 3.65. The van der Waals surface area contributed by atoms with Crippen molar-refractivity contribution in [1.82, 2.24) is 9.80 Å². The first-order valence-electron chi connectivity index (χ1n) is 9.10. The van der Waals surface area contributed by atoms with Gasteiger partial charge in [0.15, 0.2) is 0 Å². The van der Waals surface area contributed by atoms with Gasteiger partial charge in [0.2, 0.25) is 0 Å². The summed E-state index contributed by atoms with van der Waals surface area (Å²) < 4.78 is 1.20. The minimum Gasteiger partial charge on any atom is -0.371 e. The Hall–Kier alpha value is -0.580. The average Bonchev–Trinajstić information content (AvgIpc) is 3.04. The van der Waals surface area contributed by atoms with E-state index in [-0.39, 0.29) is 0 Å². The molecule has 3 rings (SSSR count). The third kappa shape index (κ3) is 4.71. The first-order chi connectivity index (χ1) is 11.1. The van der Waals surface area contributed by atoms with Gasteiger partial charge in [-0.25, -0.2) is 0 Å². The largest absolute Gasteiger partial charge is 0.371 e. The normalized spacial score (nSPS) is 20.6. The van der Waals surface area contributed by atoms with Crippen molar-refractivity contribution >= 4 is 21.6 Å². The molecule has 0 amide bonds. The van der Waals surface area contributed by atoms with Crippen molar-refractivity contribution in [3.05, 3.63) is 28.2 Å². The minimum atomic E-state index is 0.773. The molecule has 0 aromatic heterocycles. The lowest BCUT2D eigenvalue weighted by Gasteiger charge is -2.36. The van der Waals surface area contributed by atoms with Crippen molar-refractivity contribution < 1.29 is 0 Å². The topological polar surface area (TPSA) is 9.72 Å². The lowest BCUT2D eigenvalue weighted by Crippen LogP contribution is -2.47. The van der Waals surface area contributed by atoms with Crippen LogP contribution < -0.4 is 4.90 Å². The highest BCUT2D eigenvalue weighted by molar-refractivity contribution is 9.10. The van der Waals surface area contributed by atoms with E-state index in [1.165, 1.54) is 74.4 Å². The molecule has 0 saturated carbocycles. The summed E-state index contributed by atoms with van der Waals surface area (Å²) in [5.74, 6) is 0.773. The van der Waals surface area contributed by atoms with Gasteiger partial charge in [-0.05, 0) is 36.5 Å². The SMILES string of the molecule is CC(C)CN1CCN(Cc2ccc(Br)cc2N2CCCC2)CC1. The minimum absolute atomic E-state index is 0.773. The van der Waals surface area contributed by atoms with Crippen molar-refractivity contribution in [3.63, 3.8) is 0 Å². The van der Waals surface area contributed by atoms with E-state index in [1.807, 2.05) is 0 Å². The number of anilines is 1.